The summed E-state index contributed by atoms with van der Waals surface area (Å²) in [7, 11) is -0.389. The van der Waals surface area contributed by atoms with Crippen LogP contribution in [0, 0.1) is 0 Å². The Morgan fingerprint density at radius 1 is 0.833 bits per heavy atom. The first kappa shape index (κ1) is 10.5. The van der Waals surface area contributed by atoms with E-state index in [-0.39, 0.29) is 40.0 Å². The van der Waals surface area contributed by atoms with Gasteiger partial charge in [0.15, 0.2) is 0 Å². The summed E-state index contributed by atoms with van der Waals surface area (Å²) >= 11 is 0. The molecule has 0 fully saturated rings. The zero-order chi connectivity index (χ0) is 4.50. The van der Waals surface area contributed by atoms with Gasteiger partial charge in [0, 0.05) is 66.6 Å². The number of rotatable bonds is 0. The van der Waals surface area contributed by atoms with Crippen molar-refractivity contribution >= 4 is 7.26 Å². The summed E-state index contributed by atoms with van der Waals surface area (Å²) in [5, 5.41) is 0. The molecule has 0 heterocycles. The maximum Gasteiger partial charge on any atom is 0.0481 e. The van der Waals surface area contributed by atoms with Gasteiger partial charge in [-0.2, -0.15) is 0 Å². The van der Waals surface area contributed by atoms with E-state index in [2.05, 4.69) is 26.7 Å². The fourth-order valence-electron chi connectivity index (χ4n) is 0. The van der Waals surface area contributed by atoms with Gasteiger partial charge in [0.1, 0.15) is 0 Å². The average molecular weight is 180 g/mol. The van der Waals surface area contributed by atoms with Crippen LogP contribution < -0.4 is 0 Å². The van der Waals surface area contributed by atoms with Gasteiger partial charge < -0.3 is 0 Å². The Bertz CT molecular complexity index is 23.0. The van der Waals surface area contributed by atoms with Crippen LogP contribution in [0.15, 0.2) is 0 Å². The van der Waals surface area contributed by atoms with E-state index in [0.717, 1.165) is 0 Å². The molecule has 0 aliphatic rings. The van der Waals surface area contributed by atoms with Gasteiger partial charge >= 0.3 is 0 Å². The Morgan fingerprint density at radius 2 is 0.833 bits per heavy atom. The molecule has 0 bridgehead atoms. The van der Waals surface area contributed by atoms with E-state index >= 15 is 0 Å². The Balaban J connectivity index is 0. The summed E-state index contributed by atoms with van der Waals surface area (Å²) in [5.74, 6) is 0. The largest absolute Gasteiger partial charge is 0.0481 e. The Hall–Kier alpha value is 1.53. The first-order valence-electron chi connectivity index (χ1n) is 1.79. The molecule has 0 aliphatic heterocycles. The predicted molar refractivity (Wildman–Crippen MR) is 30.6 cm³/mol. The van der Waals surface area contributed by atoms with Crippen LogP contribution in [0.5, 0.6) is 0 Å². The van der Waals surface area contributed by atoms with Gasteiger partial charge in [-0.1, -0.05) is 0 Å². The van der Waals surface area contributed by atoms with Crippen molar-refractivity contribution in [3.05, 3.63) is 0 Å². The smallest absolute Gasteiger partial charge is 0 e. The maximum absolute atomic E-state index is 2.30. The SMILES string of the molecule is C[P+](C)(C)C.[Y]. The molecule has 6 heavy (non-hydrogen) atoms. The topological polar surface area (TPSA) is 0 Å². The molecule has 0 saturated heterocycles. The van der Waals surface area contributed by atoms with Gasteiger partial charge in [-0.15, -0.1) is 0 Å². The van der Waals surface area contributed by atoms with Crippen LogP contribution in [0.4, 0.5) is 0 Å². The van der Waals surface area contributed by atoms with Gasteiger partial charge in [0.2, 0.25) is 0 Å². The van der Waals surface area contributed by atoms with Crippen molar-refractivity contribution in [3.63, 3.8) is 0 Å². The van der Waals surface area contributed by atoms with E-state index in [0.29, 0.717) is 0 Å². The van der Waals surface area contributed by atoms with Crippen LogP contribution in [-0.4, -0.2) is 26.7 Å². The third-order valence-electron chi connectivity index (χ3n) is 0. The third kappa shape index (κ3) is 48.3. The second kappa shape index (κ2) is 3.53. The molecule has 0 aliphatic carbocycles. The maximum atomic E-state index is 2.30. The van der Waals surface area contributed by atoms with Crippen LogP contribution in [0.1, 0.15) is 0 Å². The van der Waals surface area contributed by atoms with Crippen LogP contribution in [0.25, 0.3) is 0 Å². The normalized spacial score (nSPS) is 10.0. The van der Waals surface area contributed by atoms with E-state index in [1.54, 1.807) is 0 Å². The third-order valence-corrected chi connectivity index (χ3v) is 0. The van der Waals surface area contributed by atoms with Gasteiger partial charge in [-0.25, -0.2) is 0 Å². The molecule has 35 valence electrons. The predicted octanol–water partition coefficient (Wildman–Crippen LogP) is 1.52. The van der Waals surface area contributed by atoms with E-state index < -0.39 is 0 Å². The van der Waals surface area contributed by atoms with Crippen molar-refractivity contribution in [1.29, 1.82) is 0 Å². The molecule has 1 radical (unpaired) electrons. The van der Waals surface area contributed by atoms with Crippen molar-refractivity contribution in [1.82, 2.24) is 0 Å². The van der Waals surface area contributed by atoms with Crippen molar-refractivity contribution in [2.24, 2.45) is 0 Å². The first-order chi connectivity index (χ1) is 2.00. The van der Waals surface area contributed by atoms with Gasteiger partial charge in [-0.3, -0.25) is 0 Å². The molecular formula is C4H12PY+. The van der Waals surface area contributed by atoms with E-state index in [4.69, 9.17) is 0 Å². The summed E-state index contributed by atoms with van der Waals surface area (Å²) in [6.45, 7) is 9.19. The van der Waals surface area contributed by atoms with Crippen LogP contribution in [-0.2, 0) is 32.7 Å². The van der Waals surface area contributed by atoms with Crippen LogP contribution in [0.3, 0.4) is 0 Å². The van der Waals surface area contributed by atoms with Crippen molar-refractivity contribution < 1.29 is 32.7 Å². The molecule has 0 rings (SSSR count). The summed E-state index contributed by atoms with van der Waals surface area (Å²) in [6.07, 6.45) is 0. The Labute approximate surface area is 66.3 Å². The van der Waals surface area contributed by atoms with E-state index in [9.17, 15) is 0 Å². The van der Waals surface area contributed by atoms with Gasteiger partial charge in [0.05, 0.1) is 0 Å². The molecule has 0 saturated carbocycles. The quantitative estimate of drug-likeness (QED) is 0.495. The van der Waals surface area contributed by atoms with Crippen molar-refractivity contribution in [3.8, 4) is 0 Å². The Kier molecular flexibility index (Phi) is 6.17. The van der Waals surface area contributed by atoms with Crippen molar-refractivity contribution in [2.45, 2.75) is 0 Å². The molecule has 0 unspecified atom stereocenters. The van der Waals surface area contributed by atoms with Crippen molar-refractivity contribution in [2.75, 3.05) is 26.7 Å². The number of hydrogen-bond acceptors (Lipinski definition) is 0. The molecule has 0 spiro atoms. The monoisotopic (exact) mass is 180 g/mol. The minimum atomic E-state index is -0.389. The Morgan fingerprint density at radius 3 is 0.833 bits per heavy atom. The molecule has 0 amide bonds. The summed E-state index contributed by atoms with van der Waals surface area (Å²) in [4.78, 5) is 0. The number of hydrogen-bond donors (Lipinski definition) is 0. The minimum Gasteiger partial charge on any atom is 0 e. The van der Waals surface area contributed by atoms with Crippen LogP contribution in [0.2, 0.25) is 0 Å². The van der Waals surface area contributed by atoms with E-state index in [1.807, 2.05) is 0 Å². The molecule has 0 atom stereocenters. The standard InChI is InChI=1S/C4H12P.Y/c1-5(2,3)4;/h1-4H3;/q+1;. The summed E-state index contributed by atoms with van der Waals surface area (Å²) in [6, 6.07) is 0. The molecule has 0 aromatic carbocycles. The second-order valence-corrected chi connectivity index (χ2v) is 8.05. The zero-order valence-electron chi connectivity index (χ0n) is 5.02. The second-order valence-electron chi connectivity index (χ2n) is 2.68. The van der Waals surface area contributed by atoms with Crippen LogP contribution >= 0.6 is 7.26 Å². The summed E-state index contributed by atoms with van der Waals surface area (Å²) < 4.78 is 0. The molecular weight excluding hydrogens is 168 g/mol. The molecule has 0 nitrogen and oxygen atoms in total. The van der Waals surface area contributed by atoms with Gasteiger partial charge in [-0.05, 0) is 0 Å². The fourth-order valence-corrected chi connectivity index (χ4v) is 0. The summed E-state index contributed by atoms with van der Waals surface area (Å²) in [5.41, 5.74) is 0. The minimum absolute atomic E-state index is 0. The average Bonchev–Trinajstić information content (AvgIpc) is 0.722. The van der Waals surface area contributed by atoms with Gasteiger partial charge in [0.25, 0.3) is 0 Å². The first-order valence-corrected chi connectivity index (χ1v) is 5.37. The molecule has 2 heteroatoms. The molecule has 0 N–H and O–H groups in total. The molecule has 0 aromatic heterocycles. The van der Waals surface area contributed by atoms with E-state index in [1.165, 1.54) is 0 Å². The fraction of sp³-hybridized carbons (Fsp3) is 1.00. The zero-order valence-corrected chi connectivity index (χ0v) is 8.76. The molecule has 0 aromatic rings.